The zero-order chi connectivity index (χ0) is 19.3. The van der Waals surface area contributed by atoms with Gasteiger partial charge in [0, 0.05) is 12.0 Å². The van der Waals surface area contributed by atoms with Crippen molar-refractivity contribution in [1.29, 1.82) is 0 Å². The molecular weight excluding hydrogens is 348 g/mol. The van der Waals surface area contributed by atoms with E-state index in [2.05, 4.69) is 51.8 Å². The fourth-order valence-electron chi connectivity index (χ4n) is 3.68. The number of rotatable bonds is 8. The molecule has 144 valence electrons. The largest absolute Gasteiger partial charge is 0.382 e. The molecule has 1 atom stereocenters. The number of fused-ring (bicyclic) bond motifs is 3. The number of aryl methyl sites for hydroxylation is 1. The molecule has 0 radical (unpaired) electrons. The van der Waals surface area contributed by atoms with Gasteiger partial charge in [-0.05, 0) is 30.9 Å². The van der Waals surface area contributed by atoms with Gasteiger partial charge in [-0.15, -0.1) is 0 Å². The molecule has 1 unspecified atom stereocenters. The van der Waals surface area contributed by atoms with Gasteiger partial charge in [-0.1, -0.05) is 55.5 Å². The Bertz CT molecular complexity index is 1060. The van der Waals surface area contributed by atoms with Crippen LogP contribution in [0.25, 0.3) is 21.9 Å². The second-order valence-electron chi connectivity index (χ2n) is 7.09. The zero-order valence-corrected chi connectivity index (χ0v) is 16.2. The van der Waals surface area contributed by atoms with E-state index in [4.69, 9.17) is 10.5 Å². The van der Waals surface area contributed by atoms with E-state index in [0.29, 0.717) is 12.4 Å². The lowest BCUT2D eigenvalue weighted by Gasteiger charge is -2.19. The summed E-state index contributed by atoms with van der Waals surface area (Å²) < 4.78 is 8.23. The first-order chi connectivity index (χ1) is 13.8. The Kier molecular flexibility index (Phi) is 5.53. The van der Waals surface area contributed by atoms with Gasteiger partial charge in [0.15, 0.2) is 5.82 Å². The molecule has 2 heterocycles. The molecule has 0 aliphatic carbocycles. The van der Waals surface area contributed by atoms with Crippen molar-refractivity contribution in [2.45, 2.75) is 32.2 Å². The van der Waals surface area contributed by atoms with E-state index < -0.39 is 0 Å². The second kappa shape index (κ2) is 8.40. The summed E-state index contributed by atoms with van der Waals surface area (Å²) >= 11 is 0. The smallest absolute Gasteiger partial charge is 0.152 e. The van der Waals surface area contributed by atoms with E-state index in [9.17, 15) is 0 Å². The van der Waals surface area contributed by atoms with Crippen LogP contribution in [0, 0.1) is 0 Å². The number of hydrogen-bond donors (Lipinski definition) is 1. The van der Waals surface area contributed by atoms with Gasteiger partial charge in [0.2, 0.25) is 0 Å². The predicted octanol–water partition coefficient (Wildman–Crippen LogP) is 4.77. The second-order valence-corrected chi connectivity index (χ2v) is 7.09. The Morgan fingerprint density at radius 1 is 1.07 bits per heavy atom. The maximum Gasteiger partial charge on any atom is 0.152 e. The van der Waals surface area contributed by atoms with Crippen molar-refractivity contribution in [3.8, 4) is 0 Å². The van der Waals surface area contributed by atoms with Crippen molar-refractivity contribution in [2.24, 2.45) is 0 Å². The minimum atomic E-state index is 0.215. The van der Waals surface area contributed by atoms with Gasteiger partial charge in [0.1, 0.15) is 5.52 Å². The molecule has 28 heavy (non-hydrogen) atoms. The quantitative estimate of drug-likeness (QED) is 0.451. The number of nitrogen functional groups attached to an aromatic ring is 1. The van der Waals surface area contributed by atoms with Crippen LogP contribution in [0.1, 0.15) is 31.4 Å². The van der Waals surface area contributed by atoms with E-state index in [1.807, 2.05) is 30.6 Å². The van der Waals surface area contributed by atoms with Crippen molar-refractivity contribution < 1.29 is 4.74 Å². The van der Waals surface area contributed by atoms with E-state index in [1.165, 1.54) is 5.56 Å². The molecule has 0 saturated carbocycles. The molecule has 0 spiro atoms. The topological polar surface area (TPSA) is 66.0 Å². The number of imidazole rings is 1. The number of nitrogens with two attached hydrogens (primary N) is 1. The fraction of sp³-hybridized carbons (Fsp3) is 0.304. The van der Waals surface area contributed by atoms with Crippen molar-refractivity contribution in [1.82, 2.24) is 14.5 Å². The van der Waals surface area contributed by atoms with E-state index in [1.54, 1.807) is 0 Å². The minimum Gasteiger partial charge on any atom is -0.382 e. The standard InChI is InChI=1S/C23H26N4O/c1-2-18(15-28-14-8-11-17-9-4-3-5-10-17)27-16-25-21-22(27)19-12-6-7-13-20(19)26-23(21)24/h3-7,9-10,12-13,16,18H,2,8,11,14-15H2,1H3,(H2,24,26). The van der Waals surface area contributed by atoms with Crippen molar-refractivity contribution in [3.63, 3.8) is 0 Å². The molecule has 2 aromatic carbocycles. The van der Waals surface area contributed by atoms with Gasteiger partial charge in [-0.3, -0.25) is 0 Å². The summed E-state index contributed by atoms with van der Waals surface area (Å²) in [6.07, 6.45) is 4.89. The molecular formula is C23H26N4O. The van der Waals surface area contributed by atoms with Crippen molar-refractivity contribution in [3.05, 3.63) is 66.5 Å². The number of para-hydroxylation sites is 1. The molecule has 4 aromatic rings. The number of pyridine rings is 1. The molecule has 5 nitrogen and oxygen atoms in total. The lowest BCUT2D eigenvalue weighted by molar-refractivity contribution is 0.100. The zero-order valence-electron chi connectivity index (χ0n) is 16.2. The third-order valence-electron chi connectivity index (χ3n) is 5.21. The number of aromatic nitrogens is 3. The summed E-state index contributed by atoms with van der Waals surface area (Å²) in [5.41, 5.74) is 10.2. The summed E-state index contributed by atoms with van der Waals surface area (Å²) in [7, 11) is 0. The van der Waals surface area contributed by atoms with Crippen LogP contribution in [-0.4, -0.2) is 27.7 Å². The van der Waals surface area contributed by atoms with Crippen LogP contribution in [0.4, 0.5) is 5.82 Å². The summed E-state index contributed by atoms with van der Waals surface area (Å²) in [6.45, 7) is 3.59. The average Bonchev–Trinajstić information content (AvgIpc) is 3.17. The Morgan fingerprint density at radius 2 is 1.86 bits per heavy atom. The van der Waals surface area contributed by atoms with Crippen LogP contribution < -0.4 is 5.73 Å². The predicted molar refractivity (Wildman–Crippen MR) is 114 cm³/mol. The molecule has 0 aliphatic heterocycles. The number of ether oxygens (including phenoxy) is 1. The highest BCUT2D eigenvalue weighted by Gasteiger charge is 2.17. The van der Waals surface area contributed by atoms with E-state index in [-0.39, 0.29) is 6.04 Å². The van der Waals surface area contributed by atoms with Crippen LogP contribution in [0.3, 0.4) is 0 Å². The summed E-state index contributed by atoms with van der Waals surface area (Å²) in [4.78, 5) is 9.03. The molecule has 0 aliphatic rings. The SMILES string of the molecule is CCC(COCCCc1ccccc1)n1cnc2c(N)nc3ccccc3c21. The molecule has 0 bridgehead atoms. The molecule has 2 N–H and O–H groups in total. The third kappa shape index (κ3) is 3.71. The summed E-state index contributed by atoms with van der Waals surface area (Å²) in [6, 6.07) is 18.8. The number of anilines is 1. The fourth-order valence-corrected chi connectivity index (χ4v) is 3.68. The van der Waals surface area contributed by atoms with Gasteiger partial charge in [-0.25, -0.2) is 9.97 Å². The van der Waals surface area contributed by atoms with E-state index >= 15 is 0 Å². The Hall–Kier alpha value is -2.92. The summed E-state index contributed by atoms with van der Waals surface area (Å²) in [5, 5.41) is 1.08. The van der Waals surface area contributed by atoms with Crippen LogP contribution in [0.5, 0.6) is 0 Å². The van der Waals surface area contributed by atoms with Crippen LogP contribution in [0.15, 0.2) is 60.9 Å². The molecule has 0 saturated heterocycles. The van der Waals surface area contributed by atoms with Crippen molar-refractivity contribution in [2.75, 3.05) is 18.9 Å². The van der Waals surface area contributed by atoms with E-state index in [0.717, 1.165) is 47.8 Å². The summed E-state index contributed by atoms with van der Waals surface area (Å²) in [5.74, 6) is 0.478. The highest BCUT2D eigenvalue weighted by molar-refractivity contribution is 6.06. The highest BCUT2D eigenvalue weighted by Crippen LogP contribution is 2.30. The monoisotopic (exact) mass is 374 g/mol. The molecule has 5 heteroatoms. The Labute approximate surface area is 165 Å². The maximum atomic E-state index is 6.15. The number of hydrogen-bond acceptors (Lipinski definition) is 4. The first-order valence-corrected chi connectivity index (χ1v) is 9.90. The van der Waals surface area contributed by atoms with Gasteiger partial charge < -0.3 is 15.0 Å². The third-order valence-corrected chi connectivity index (χ3v) is 5.21. The Morgan fingerprint density at radius 3 is 2.68 bits per heavy atom. The van der Waals surface area contributed by atoms with Crippen LogP contribution in [0.2, 0.25) is 0 Å². The van der Waals surface area contributed by atoms with Crippen molar-refractivity contribution >= 4 is 27.8 Å². The average molecular weight is 374 g/mol. The highest BCUT2D eigenvalue weighted by atomic mass is 16.5. The number of benzene rings is 2. The maximum absolute atomic E-state index is 6.15. The molecule has 0 fully saturated rings. The normalized spacial score (nSPS) is 12.6. The van der Waals surface area contributed by atoms with Gasteiger partial charge in [0.05, 0.1) is 30.0 Å². The van der Waals surface area contributed by atoms with Crippen LogP contribution in [-0.2, 0) is 11.2 Å². The minimum absolute atomic E-state index is 0.215. The van der Waals surface area contributed by atoms with Gasteiger partial charge in [0.25, 0.3) is 0 Å². The van der Waals surface area contributed by atoms with Gasteiger partial charge in [-0.2, -0.15) is 0 Å². The molecule has 0 amide bonds. The lowest BCUT2D eigenvalue weighted by atomic mass is 10.1. The van der Waals surface area contributed by atoms with Gasteiger partial charge >= 0.3 is 0 Å². The Balaban J connectivity index is 1.48. The van der Waals surface area contributed by atoms with Crippen LogP contribution >= 0.6 is 0 Å². The number of nitrogens with zero attached hydrogens (tertiary/aromatic N) is 3. The first kappa shape index (κ1) is 18.4. The first-order valence-electron chi connectivity index (χ1n) is 9.90. The molecule has 4 rings (SSSR count). The molecule has 2 aromatic heterocycles. The lowest BCUT2D eigenvalue weighted by Crippen LogP contribution is -2.15.